The van der Waals surface area contributed by atoms with Crippen LogP contribution in [-0.4, -0.2) is 139 Å². The Kier molecular flexibility index (Phi) is 10.6. The highest BCUT2D eigenvalue weighted by molar-refractivity contribution is 5.60. The summed E-state index contributed by atoms with van der Waals surface area (Å²) in [6.07, 6.45) is -11.1. The van der Waals surface area contributed by atoms with Crippen molar-refractivity contribution in [1.82, 2.24) is 0 Å². The normalized spacial score (nSPS) is 43.4. The molecule has 4 aliphatic rings. The molecule has 1 aromatic rings. The zero-order valence-corrected chi connectivity index (χ0v) is 26.5. The van der Waals surface area contributed by atoms with Crippen LogP contribution in [0, 0.1) is 11.3 Å². The molecule has 1 unspecified atom stereocenters. The molecule has 0 aromatic heterocycles. The van der Waals surface area contributed by atoms with Crippen LogP contribution in [-0.2, 0) is 26.0 Å². The first-order valence-corrected chi connectivity index (χ1v) is 16.1. The lowest BCUT2D eigenvalue weighted by molar-refractivity contribution is -0.308. The molecule has 0 bridgehead atoms. The number of rotatable bonds is 9. The Hall–Kier alpha value is -1.66. The molecule has 14 heteroatoms. The minimum atomic E-state index is -1.70. The summed E-state index contributed by atoms with van der Waals surface area (Å²) in [6.45, 7) is 4.52. The van der Waals surface area contributed by atoms with E-state index in [1.165, 1.54) is 0 Å². The zero-order valence-electron chi connectivity index (χ0n) is 26.5. The minimum Gasteiger partial charge on any atom is -0.504 e. The molecule has 2 saturated heterocycles. The van der Waals surface area contributed by atoms with Crippen LogP contribution in [0.5, 0.6) is 11.5 Å². The van der Waals surface area contributed by atoms with Crippen LogP contribution in [0.4, 0.5) is 0 Å². The van der Waals surface area contributed by atoms with Crippen molar-refractivity contribution in [3.8, 4) is 11.5 Å². The summed E-state index contributed by atoms with van der Waals surface area (Å²) in [4.78, 5) is 0. The maximum Gasteiger partial charge on any atom is 0.229 e. The van der Waals surface area contributed by atoms with Gasteiger partial charge >= 0.3 is 0 Å². The molecule has 2 heterocycles. The molecule has 0 spiro atoms. The van der Waals surface area contributed by atoms with Gasteiger partial charge in [-0.25, -0.2) is 0 Å². The standard InChI is InChI=1S/C32H50O14/c1-14(10-33)16-9-15-5-6-19-31(2,13-43-29-26(41)24(39)21(36)17(11-34)44-29)7-4-8-32(19,3)20(15)23(38)28(16)46-30-27(42)25(40)22(37)18(12-35)45-30/h9,14,17-19,21-22,24-27,29-30,33-42H,4-8,10-13H2,1-3H3/t14?,17-,18-,19+,21-,22-,24+,25+,26-,27-,29-,30+,31-,32+/m1/s1. The second-order valence-electron chi connectivity index (χ2n) is 14.1. The van der Waals surface area contributed by atoms with Crippen molar-refractivity contribution < 1.29 is 70.0 Å². The van der Waals surface area contributed by atoms with E-state index < -0.39 is 91.4 Å². The maximum absolute atomic E-state index is 12.0. The molecule has 1 aromatic carbocycles. The first-order valence-electron chi connectivity index (χ1n) is 16.1. The average Bonchev–Trinajstić information content (AvgIpc) is 3.03. The summed E-state index contributed by atoms with van der Waals surface area (Å²) in [6, 6.07) is 1.88. The molecule has 46 heavy (non-hydrogen) atoms. The molecule has 1 saturated carbocycles. The number of aliphatic hydroxyl groups is 9. The topological polar surface area (TPSA) is 239 Å². The second-order valence-corrected chi connectivity index (χ2v) is 14.1. The number of benzene rings is 1. The number of aromatic hydroxyl groups is 1. The number of fused-ring (bicyclic) bond motifs is 3. The fourth-order valence-electron chi connectivity index (χ4n) is 8.32. The van der Waals surface area contributed by atoms with Crippen LogP contribution < -0.4 is 4.74 Å². The van der Waals surface area contributed by atoms with E-state index in [9.17, 15) is 51.1 Å². The Morgan fingerprint density at radius 3 is 2.02 bits per heavy atom. The van der Waals surface area contributed by atoms with E-state index >= 15 is 0 Å². The van der Waals surface area contributed by atoms with Gasteiger partial charge in [0.15, 0.2) is 17.8 Å². The SMILES string of the molecule is CC(CO)c1cc2c(c(O)c1O[C@@H]1O[C@H](CO)[C@@H](O)[C@H](O)[C@H]1O)[C@@]1(C)CCC[C@](C)(CO[C@@H]3O[C@H](CO)[C@@H](O)[C@H](O)[C@H]3O)[C@@H]1CC2. The minimum absolute atomic E-state index is 0.0312. The van der Waals surface area contributed by atoms with E-state index in [0.29, 0.717) is 24.0 Å². The molecule has 14 nitrogen and oxygen atoms in total. The third-order valence-corrected chi connectivity index (χ3v) is 11.0. The van der Waals surface area contributed by atoms with Gasteiger partial charge in [-0.2, -0.15) is 0 Å². The van der Waals surface area contributed by atoms with E-state index in [4.69, 9.17) is 18.9 Å². The van der Waals surface area contributed by atoms with Gasteiger partial charge in [0.05, 0.1) is 19.8 Å². The van der Waals surface area contributed by atoms with Crippen molar-refractivity contribution in [2.24, 2.45) is 11.3 Å². The summed E-state index contributed by atoms with van der Waals surface area (Å²) >= 11 is 0. The zero-order chi connectivity index (χ0) is 33.7. The highest BCUT2D eigenvalue weighted by atomic mass is 16.7. The van der Waals surface area contributed by atoms with Crippen LogP contribution in [0.3, 0.4) is 0 Å². The Bertz CT molecular complexity index is 1210. The first-order chi connectivity index (χ1) is 21.7. The molecule has 5 rings (SSSR count). The molecular formula is C32H50O14. The number of hydrogen-bond donors (Lipinski definition) is 10. The summed E-state index contributed by atoms with van der Waals surface area (Å²) in [5.41, 5.74) is 0.925. The van der Waals surface area contributed by atoms with Gasteiger partial charge in [0.2, 0.25) is 6.29 Å². The highest BCUT2D eigenvalue weighted by Gasteiger charge is 2.55. The Morgan fingerprint density at radius 1 is 0.848 bits per heavy atom. The number of phenols is 1. The Morgan fingerprint density at radius 2 is 1.43 bits per heavy atom. The van der Waals surface area contributed by atoms with Crippen molar-refractivity contribution in [2.45, 2.75) is 126 Å². The predicted molar refractivity (Wildman–Crippen MR) is 159 cm³/mol. The van der Waals surface area contributed by atoms with Crippen LogP contribution in [0.15, 0.2) is 6.07 Å². The number of ether oxygens (including phenoxy) is 4. The molecule has 0 amide bonds. The molecular weight excluding hydrogens is 608 g/mol. The lowest BCUT2D eigenvalue weighted by Crippen LogP contribution is -2.60. The molecule has 262 valence electrons. The Balaban J connectivity index is 1.47. The predicted octanol–water partition coefficient (Wildman–Crippen LogP) is -1.51. The van der Waals surface area contributed by atoms with Crippen LogP contribution >= 0.6 is 0 Å². The van der Waals surface area contributed by atoms with E-state index in [2.05, 4.69) is 13.8 Å². The van der Waals surface area contributed by atoms with Gasteiger partial charge in [0, 0.05) is 23.7 Å². The highest BCUT2D eigenvalue weighted by Crippen LogP contribution is 2.61. The van der Waals surface area contributed by atoms with Crippen LogP contribution in [0.2, 0.25) is 0 Å². The van der Waals surface area contributed by atoms with Gasteiger partial charge in [-0.3, -0.25) is 0 Å². The van der Waals surface area contributed by atoms with Crippen LogP contribution in [0.1, 0.15) is 69.1 Å². The fourth-order valence-corrected chi connectivity index (χ4v) is 8.32. The van der Waals surface area contributed by atoms with E-state index in [1.807, 2.05) is 6.07 Å². The third-order valence-electron chi connectivity index (χ3n) is 11.0. The Labute approximate surface area is 267 Å². The fraction of sp³-hybridized carbons (Fsp3) is 0.812. The van der Waals surface area contributed by atoms with E-state index in [0.717, 1.165) is 24.8 Å². The van der Waals surface area contributed by atoms with Gasteiger partial charge in [0.25, 0.3) is 0 Å². The number of phenolic OH excluding ortho intramolecular Hbond substituents is 1. The average molecular weight is 659 g/mol. The molecule has 0 radical (unpaired) electrons. The smallest absolute Gasteiger partial charge is 0.229 e. The number of aryl methyl sites for hydroxylation is 1. The van der Waals surface area contributed by atoms with E-state index in [1.54, 1.807) is 6.92 Å². The molecule has 2 aliphatic carbocycles. The summed E-state index contributed by atoms with van der Waals surface area (Å²) in [7, 11) is 0. The van der Waals surface area contributed by atoms with Gasteiger partial charge in [-0.15, -0.1) is 0 Å². The first kappa shape index (κ1) is 35.6. The molecule has 14 atom stereocenters. The van der Waals surface area contributed by atoms with Crippen molar-refractivity contribution in [1.29, 1.82) is 0 Å². The second kappa shape index (κ2) is 13.7. The monoisotopic (exact) mass is 658 g/mol. The van der Waals surface area contributed by atoms with Gasteiger partial charge in [0.1, 0.15) is 48.8 Å². The number of aliphatic hydroxyl groups excluding tert-OH is 9. The van der Waals surface area contributed by atoms with Crippen molar-refractivity contribution in [2.75, 3.05) is 26.4 Å². The number of hydrogen-bond acceptors (Lipinski definition) is 14. The van der Waals surface area contributed by atoms with Gasteiger partial charge in [-0.05, 0) is 48.0 Å². The lowest BCUT2D eigenvalue weighted by Gasteiger charge is -2.56. The summed E-state index contributed by atoms with van der Waals surface area (Å²) in [5.74, 6) is -0.740. The van der Waals surface area contributed by atoms with Crippen molar-refractivity contribution >= 4 is 0 Å². The molecule has 2 aliphatic heterocycles. The van der Waals surface area contributed by atoms with Gasteiger partial charge in [-0.1, -0.05) is 33.3 Å². The van der Waals surface area contributed by atoms with Crippen molar-refractivity contribution in [3.63, 3.8) is 0 Å². The largest absolute Gasteiger partial charge is 0.504 e. The van der Waals surface area contributed by atoms with E-state index in [-0.39, 0.29) is 30.6 Å². The maximum atomic E-state index is 12.0. The van der Waals surface area contributed by atoms with Crippen molar-refractivity contribution in [3.05, 3.63) is 22.8 Å². The quantitative estimate of drug-likeness (QED) is 0.145. The molecule has 3 fully saturated rings. The summed E-state index contributed by atoms with van der Waals surface area (Å²) in [5, 5.41) is 104. The van der Waals surface area contributed by atoms with Crippen LogP contribution in [0.25, 0.3) is 0 Å². The lowest BCUT2D eigenvalue weighted by atomic mass is 9.49. The van der Waals surface area contributed by atoms with Gasteiger partial charge < -0.3 is 70.0 Å². The summed E-state index contributed by atoms with van der Waals surface area (Å²) < 4.78 is 23.3. The molecule has 10 N–H and O–H groups in total. The third kappa shape index (κ3) is 6.05.